The Labute approximate surface area is 137 Å². The first-order valence-corrected chi connectivity index (χ1v) is 7.60. The molecule has 0 spiro atoms. The lowest BCUT2D eigenvalue weighted by molar-refractivity contribution is 0.0394. The van der Waals surface area contributed by atoms with Crippen molar-refractivity contribution in [3.05, 3.63) is 51.6 Å². The lowest BCUT2D eigenvalue weighted by atomic mass is 10.1. The molecule has 1 fully saturated rings. The third kappa shape index (κ3) is 3.16. The van der Waals surface area contributed by atoms with Crippen molar-refractivity contribution in [1.82, 2.24) is 9.97 Å². The Morgan fingerprint density at radius 3 is 2.86 bits per heavy atom. The first kappa shape index (κ1) is 15.5. The monoisotopic (exact) mass is 341 g/mol. The average Bonchev–Trinajstić information content (AvgIpc) is 2.51. The Morgan fingerprint density at radius 1 is 1.27 bits per heavy atom. The lowest BCUT2D eigenvalue weighted by Crippen LogP contribution is -2.39. The van der Waals surface area contributed by atoms with Crippen LogP contribution in [-0.2, 0) is 4.74 Å². The Kier molecular flexibility index (Phi) is 4.47. The molecule has 116 valence electrons. The molecular weight excluding hydrogens is 328 g/mol. The Hall–Kier alpha value is -1.43. The van der Waals surface area contributed by atoms with Crippen molar-refractivity contribution in [2.24, 2.45) is 0 Å². The third-order valence-corrected chi connectivity index (χ3v) is 4.14. The minimum absolute atomic E-state index is 0.00552. The van der Waals surface area contributed by atoms with Gasteiger partial charge in [-0.1, -0.05) is 23.2 Å². The molecule has 0 amide bonds. The molecule has 1 aliphatic rings. The topological polar surface area (TPSA) is 38.2 Å². The number of ether oxygens (including phenoxy) is 1. The van der Waals surface area contributed by atoms with Crippen molar-refractivity contribution < 1.29 is 9.13 Å². The summed E-state index contributed by atoms with van der Waals surface area (Å²) in [5.74, 6) is 0.274. The zero-order valence-corrected chi connectivity index (χ0v) is 13.4. The van der Waals surface area contributed by atoms with Gasteiger partial charge in [-0.25, -0.2) is 9.37 Å². The summed E-state index contributed by atoms with van der Waals surface area (Å²) in [4.78, 5) is 10.7. The number of hydrogen-bond donors (Lipinski definition) is 0. The van der Waals surface area contributed by atoms with Crippen LogP contribution >= 0.6 is 23.2 Å². The van der Waals surface area contributed by atoms with E-state index >= 15 is 0 Å². The maximum atomic E-state index is 13.7. The molecule has 2 heterocycles. The SMILES string of the molecule is Cc1cncc(N2CCOC(c3cc(F)c(Cl)cc3Cl)C2)n1. The van der Waals surface area contributed by atoms with E-state index in [1.54, 1.807) is 12.4 Å². The van der Waals surface area contributed by atoms with Crippen LogP contribution in [-0.4, -0.2) is 29.7 Å². The fourth-order valence-corrected chi connectivity index (χ4v) is 2.94. The molecule has 1 unspecified atom stereocenters. The molecule has 0 aliphatic carbocycles. The first-order chi connectivity index (χ1) is 10.5. The lowest BCUT2D eigenvalue weighted by Gasteiger charge is -2.34. The second-order valence-electron chi connectivity index (χ2n) is 5.11. The van der Waals surface area contributed by atoms with Crippen LogP contribution in [0.25, 0.3) is 0 Å². The number of anilines is 1. The minimum Gasteiger partial charge on any atom is -0.370 e. The quantitative estimate of drug-likeness (QED) is 0.778. The molecule has 1 aromatic heterocycles. The Bertz CT molecular complexity index is 698. The van der Waals surface area contributed by atoms with Gasteiger partial charge in [-0.2, -0.15) is 0 Å². The average molecular weight is 342 g/mol. The van der Waals surface area contributed by atoms with Crippen LogP contribution in [0.3, 0.4) is 0 Å². The fourth-order valence-electron chi connectivity index (χ4n) is 2.43. The number of aromatic nitrogens is 2. The number of morpholine rings is 1. The van der Waals surface area contributed by atoms with E-state index in [1.165, 1.54) is 12.1 Å². The molecule has 2 aromatic rings. The van der Waals surface area contributed by atoms with Gasteiger partial charge in [-0.15, -0.1) is 0 Å². The van der Waals surface area contributed by atoms with Gasteiger partial charge in [0.15, 0.2) is 0 Å². The predicted molar refractivity (Wildman–Crippen MR) is 84.1 cm³/mol. The summed E-state index contributed by atoms with van der Waals surface area (Å²) >= 11 is 11.9. The molecule has 7 heteroatoms. The number of rotatable bonds is 2. The summed E-state index contributed by atoms with van der Waals surface area (Å²) in [6.07, 6.45) is 3.07. The van der Waals surface area contributed by atoms with Crippen molar-refractivity contribution in [3.8, 4) is 0 Å². The zero-order valence-electron chi connectivity index (χ0n) is 11.9. The molecule has 1 saturated heterocycles. The van der Waals surface area contributed by atoms with E-state index in [9.17, 15) is 4.39 Å². The highest BCUT2D eigenvalue weighted by atomic mass is 35.5. The normalized spacial score (nSPS) is 18.5. The summed E-state index contributed by atoms with van der Waals surface area (Å²) in [5.41, 5.74) is 1.44. The molecule has 3 rings (SSSR count). The summed E-state index contributed by atoms with van der Waals surface area (Å²) in [7, 11) is 0. The summed E-state index contributed by atoms with van der Waals surface area (Å²) < 4.78 is 19.4. The van der Waals surface area contributed by atoms with Crippen LogP contribution in [0.5, 0.6) is 0 Å². The van der Waals surface area contributed by atoms with E-state index < -0.39 is 5.82 Å². The van der Waals surface area contributed by atoms with Gasteiger partial charge >= 0.3 is 0 Å². The minimum atomic E-state index is -0.503. The van der Waals surface area contributed by atoms with E-state index in [-0.39, 0.29) is 11.1 Å². The Morgan fingerprint density at radius 2 is 2.09 bits per heavy atom. The Balaban J connectivity index is 1.86. The summed E-state index contributed by atoms with van der Waals surface area (Å²) in [6.45, 7) is 3.61. The number of nitrogens with zero attached hydrogens (tertiary/aromatic N) is 3. The molecule has 1 aromatic carbocycles. The molecule has 4 nitrogen and oxygen atoms in total. The molecule has 0 radical (unpaired) electrons. The van der Waals surface area contributed by atoms with E-state index in [0.29, 0.717) is 30.3 Å². The van der Waals surface area contributed by atoms with E-state index in [4.69, 9.17) is 27.9 Å². The van der Waals surface area contributed by atoms with Crippen molar-refractivity contribution in [3.63, 3.8) is 0 Å². The van der Waals surface area contributed by atoms with Crippen LogP contribution in [0.15, 0.2) is 24.5 Å². The predicted octanol–water partition coefficient (Wildman–Crippen LogP) is 3.81. The van der Waals surface area contributed by atoms with Crippen LogP contribution in [0.1, 0.15) is 17.4 Å². The molecule has 0 saturated carbocycles. The van der Waals surface area contributed by atoms with Gasteiger partial charge in [0.2, 0.25) is 0 Å². The molecule has 1 aliphatic heterocycles. The number of aryl methyl sites for hydroxylation is 1. The molecule has 0 N–H and O–H groups in total. The highest BCUT2D eigenvalue weighted by molar-refractivity contribution is 6.35. The second kappa shape index (κ2) is 6.36. The molecule has 1 atom stereocenters. The standard InChI is InChI=1S/C15H14Cl2FN3O/c1-9-6-19-7-15(20-9)21-2-3-22-14(8-21)10-4-13(18)12(17)5-11(10)16/h4-7,14H,2-3,8H2,1H3. The van der Waals surface area contributed by atoms with Crippen molar-refractivity contribution in [2.45, 2.75) is 13.0 Å². The molecule has 22 heavy (non-hydrogen) atoms. The molecule has 0 bridgehead atoms. The molecular formula is C15H14Cl2FN3O. The zero-order chi connectivity index (χ0) is 15.7. The van der Waals surface area contributed by atoms with E-state index in [1.807, 2.05) is 6.92 Å². The largest absolute Gasteiger partial charge is 0.370 e. The van der Waals surface area contributed by atoms with Gasteiger partial charge in [0.1, 0.15) is 17.7 Å². The van der Waals surface area contributed by atoms with Gasteiger partial charge < -0.3 is 9.64 Å². The van der Waals surface area contributed by atoms with E-state index in [0.717, 1.165) is 11.5 Å². The van der Waals surface area contributed by atoms with Gasteiger partial charge in [-0.3, -0.25) is 4.98 Å². The second-order valence-corrected chi connectivity index (χ2v) is 5.93. The van der Waals surface area contributed by atoms with Gasteiger partial charge in [0, 0.05) is 29.9 Å². The number of benzene rings is 1. The van der Waals surface area contributed by atoms with Crippen LogP contribution in [0.4, 0.5) is 10.2 Å². The van der Waals surface area contributed by atoms with Gasteiger partial charge in [0.25, 0.3) is 0 Å². The highest BCUT2D eigenvalue weighted by Gasteiger charge is 2.26. The van der Waals surface area contributed by atoms with Gasteiger partial charge in [-0.05, 0) is 19.1 Å². The fraction of sp³-hybridized carbons (Fsp3) is 0.333. The number of hydrogen-bond acceptors (Lipinski definition) is 4. The number of halogens is 3. The van der Waals surface area contributed by atoms with Crippen molar-refractivity contribution in [2.75, 3.05) is 24.6 Å². The van der Waals surface area contributed by atoms with Crippen LogP contribution in [0.2, 0.25) is 10.0 Å². The maximum Gasteiger partial charge on any atom is 0.147 e. The van der Waals surface area contributed by atoms with Crippen LogP contribution in [0, 0.1) is 12.7 Å². The smallest absolute Gasteiger partial charge is 0.147 e. The first-order valence-electron chi connectivity index (χ1n) is 6.84. The van der Waals surface area contributed by atoms with Crippen molar-refractivity contribution in [1.29, 1.82) is 0 Å². The van der Waals surface area contributed by atoms with E-state index in [2.05, 4.69) is 14.9 Å². The summed E-state index contributed by atoms with van der Waals surface area (Å²) in [6, 6.07) is 2.74. The maximum absolute atomic E-state index is 13.7. The van der Waals surface area contributed by atoms with Crippen LogP contribution < -0.4 is 4.90 Å². The summed E-state index contributed by atoms with van der Waals surface area (Å²) in [5, 5.41) is 0.402. The highest BCUT2D eigenvalue weighted by Crippen LogP contribution is 2.33. The van der Waals surface area contributed by atoms with Crippen molar-refractivity contribution >= 4 is 29.0 Å². The third-order valence-electron chi connectivity index (χ3n) is 3.52. The van der Waals surface area contributed by atoms with Gasteiger partial charge in [0.05, 0.1) is 23.5 Å².